The van der Waals surface area contributed by atoms with E-state index in [1.807, 2.05) is 56.3 Å². The van der Waals surface area contributed by atoms with Crippen LogP contribution in [0.3, 0.4) is 0 Å². The molecule has 1 aliphatic rings. The van der Waals surface area contributed by atoms with Crippen LogP contribution in [-0.2, 0) is 9.59 Å². The van der Waals surface area contributed by atoms with E-state index >= 15 is 0 Å². The summed E-state index contributed by atoms with van der Waals surface area (Å²) >= 11 is 7.28. The molecule has 0 aliphatic carbocycles. The lowest BCUT2D eigenvalue weighted by Gasteiger charge is -2.14. The van der Waals surface area contributed by atoms with Crippen molar-refractivity contribution in [2.24, 2.45) is 0 Å². The first-order chi connectivity index (χ1) is 18.7. The Labute approximate surface area is 235 Å². The van der Waals surface area contributed by atoms with E-state index in [4.69, 9.17) is 25.8 Å². The molecule has 0 unspecified atom stereocenters. The number of benzene rings is 3. The van der Waals surface area contributed by atoms with Crippen molar-refractivity contribution in [3.05, 3.63) is 87.3 Å². The lowest BCUT2D eigenvalue weighted by Crippen LogP contribution is -2.32. The molecule has 4 rings (SSSR count). The predicted molar refractivity (Wildman–Crippen MR) is 153 cm³/mol. The second-order valence-electron chi connectivity index (χ2n) is 8.74. The molecule has 10 heteroatoms. The number of thioether (sulfide) groups is 1. The van der Waals surface area contributed by atoms with Crippen molar-refractivity contribution in [1.29, 1.82) is 0 Å². The Morgan fingerprint density at radius 2 is 1.79 bits per heavy atom. The smallest absolute Gasteiger partial charge is 0.293 e. The lowest BCUT2D eigenvalue weighted by molar-refractivity contribution is -0.123. The number of rotatable bonds is 10. The Bertz CT molecular complexity index is 1420. The minimum absolute atomic E-state index is 0.122. The summed E-state index contributed by atoms with van der Waals surface area (Å²) < 4.78 is 16.7. The second kappa shape index (κ2) is 12.7. The van der Waals surface area contributed by atoms with Crippen molar-refractivity contribution in [1.82, 2.24) is 4.90 Å². The first-order valence-corrected chi connectivity index (χ1v) is 13.2. The number of carbonyl (C=O) groups is 3. The number of methoxy groups -OCH3 is 1. The number of nitrogens with one attached hydrogen (secondary N) is 1. The van der Waals surface area contributed by atoms with Gasteiger partial charge in [0, 0.05) is 5.69 Å². The molecule has 0 aromatic heterocycles. The summed E-state index contributed by atoms with van der Waals surface area (Å²) in [6, 6.07) is 18.1. The molecule has 1 N–H and O–H groups in total. The Morgan fingerprint density at radius 1 is 1.03 bits per heavy atom. The van der Waals surface area contributed by atoms with Crippen molar-refractivity contribution in [2.75, 3.05) is 32.2 Å². The zero-order valence-electron chi connectivity index (χ0n) is 21.7. The number of hydrogen-bond acceptors (Lipinski definition) is 7. The predicted octanol–water partition coefficient (Wildman–Crippen LogP) is 6.10. The van der Waals surface area contributed by atoms with Crippen LogP contribution in [0, 0.1) is 13.8 Å². The first kappa shape index (κ1) is 28.1. The summed E-state index contributed by atoms with van der Waals surface area (Å²) in [6.45, 7) is 3.92. The zero-order chi connectivity index (χ0) is 27.9. The van der Waals surface area contributed by atoms with Crippen LogP contribution in [0.5, 0.6) is 17.2 Å². The van der Waals surface area contributed by atoms with E-state index in [1.54, 1.807) is 24.3 Å². The van der Waals surface area contributed by atoms with Crippen molar-refractivity contribution < 1.29 is 28.6 Å². The van der Waals surface area contributed by atoms with Gasteiger partial charge in [-0.05, 0) is 79.2 Å². The van der Waals surface area contributed by atoms with Gasteiger partial charge in [0.15, 0.2) is 18.1 Å². The molecule has 3 amide bonds. The minimum Gasteiger partial charge on any atom is -0.493 e. The zero-order valence-corrected chi connectivity index (χ0v) is 23.2. The van der Waals surface area contributed by atoms with Crippen LogP contribution in [0.1, 0.15) is 16.7 Å². The number of nitrogens with zero attached hydrogens (tertiary/aromatic N) is 1. The highest BCUT2D eigenvalue weighted by Gasteiger charge is 2.35. The molecule has 8 nitrogen and oxygen atoms in total. The largest absolute Gasteiger partial charge is 0.493 e. The van der Waals surface area contributed by atoms with Gasteiger partial charge in [-0.2, -0.15) is 0 Å². The molecule has 39 heavy (non-hydrogen) atoms. The summed E-state index contributed by atoms with van der Waals surface area (Å²) in [7, 11) is 1.44. The van der Waals surface area contributed by atoms with Crippen LogP contribution in [0.25, 0.3) is 6.08 Å². The van der Waals surface area contributed by atoms with Gasteiger partial charge < -0.3 is 19.5 Å². The standard InChI is InChI=1S/C29H27ClN2O6S/c1-18-7-9-22(10-8-18)37-12-11-32-28(34)25(39-29(32)35)16-20-14-23(30)27(24(15-20)36-3)38-17-26(33)31-21-6-4-5-19(2)13-21/h4-10,13-16H,11-12,17H2,1-3H3,(H,31,33)/b25-16-. The van der Waals surface area contributed by atoms with Gasteiger partial charge in [0.25, 0.3) is 17.1 Å². The molecule has 0 spiro atoms. The number of amides is 3. The van der Waals surface area contributed by atoms with Gasteiger partial charge in [0.1, 0.15) is 12.4 Å². The van der Waals surface area contributed by atoms with Crippen molar-refractivity contribution in [3.63, 3.8) is 0 Å². The molecule has 1 heterocycles. The van der Waals surface area contributed by atoms with Crippen molar-refractivity contribution in [2.45, 2.75) is 13.8 Å². The molecule has 0 radical (unpaired) electrons. The van der Waals surface area contributed by atoms with Gasteiger partial charge in [0.05, 0.1) is 23.6 Å². The maximum absolute atomic E-state index is 12.9. The van der Waals surface area contributed by atoms with E-state index in [0.29, 0.717) is 17.0 Å². The molecule has 3 aromatic carbocycles. The quantitative estimate of drug-likeness (QED) is 0.296. The summed E-state index contributed by atoms with van der Waals surface area (Å²) in [6.07, 6.45) is 1.56. The molecular formula is C29H27ClN2O6S. The fraction of sp³-hybridized carbons (Fsp3) is 0.207. The van der Waals surface area contributed by atoms with Crippen LogP contribution in [0.2, 0.25) is 5.02 Å². The van der Waals surface area contributed by atoms with Crippen LogP contribution in [0.4, 0.5) is 10.5 Å². The summed E-state index contributed by atoms with van der Waals surface area (Å²) in [4.78, 5) is 39.1. The average Bonchev–Trinajstić information content (AvgIpc) is 3.16. The second-order valence-corrected chi connectivity index (χ2v) is 10.1. The molecule has 202 valence electrons. The summed E-state index contributed by atoms with van der Waals surface area (Å²) in [5, 5.41) is 2.58. The number of hydrogen-bond donors (Lipinski definition) is 1. The first-order valence-electron chi connectivity index (χ1n) is 12.0. The maximum atomic E-state index is 12.9. The summed E-state index contributed by atoms with van der Waals surface area (Å²) in [5.74, 6) is 0.364. The van der Waals surface area contributed by atoms with Gasteiger partial charge in [0.2, 0.25) is 0 Å². The van der Waals surface area contributed by atoms with Gasteiger partial charge in [-0.1, -0.05) is 41.4 Å². The highest BCUT2D eigenvalue weighted by atomic mass is 35.5. The average molecular weight is 567 g/mol. The number of imide groups is 1. The molecular weight excluding hydrogens is 540 g/mol. The van der Waals surface area contributed by atoms with E-state index < -0.39 is 5.91 Å². The third-order valence-corrected chi connectivity index (χ3v) is 6.87. The van der Waals surface area contributed by atoms with Crippen LogP contribution < -0.4 is 19.5 Å². The minimum atomic E-state index is -0.416. The van der Waals surface area contributed by atoms with Crippen LogP contribution in [-0.4, -0.2) is 48.8 Å². The number of anilines is 1. The number of aryl methyl sites for hydroxylation is 2. The molecule has 0 saturated carbocycles. The van der Waals surface area contributed by atoms with E-state index in [2.05, 4.69) is 5.32 Å². The number of halogens is 1. The Morgan fingerprint density at radius 3 is 2.51 bits per heavy atom. The van der Waals surface area contributed by atoms with E-state index in [9.17, 15) is 14.4 Å². The Kier molecular flexibility index (Phi) is 9.16. The third-order valence-electron chi connectivity index (χ3n) is 5.68. The molecule has 1 saturated heterocycles. The molecule has 0 bridgehead atoms. The molecule has 0 atom stereocenters. The van der Waals surface area contributed by atoms with E-state index in [0.717, 1.165) is 27.8 Å². The van der Waals surface area contributed by atoms with Gasteiger partial charge in [-0.25, -0.2) is 0 Å². The van der Waals surface area contributed by atoms with Gasteiger partial charge in [-0.3, -0.25) is 19.3 Å². The number of carbonyl (C=O) groups excluding carboxylic acids is 3. The van der Waals surface area contributed by atoms with E-state index in [-0.39, 0.29) is 52.3 Å². The Balaban J connectivity index is 1.39. The Hall–Kier alpha value is -3.95. The fourth-order valence-electron chi connectivity index (χ4n) is 3.75. The third kappa shape index (κ3) is 7.34. The van der Waals surface area contributed by atoms with Gasteiger partial charge >= 0.3 is 0 Å². The van der Waals surface area contributed by atoms with Crippen molar-refractivity contribution >= 4 is 52.2 Å². The highest BCUT2D eigenvalue weighted by Crippen LogP contribution is 2.39. The molecule has 1 aliphatic heterocycles. The lowest BCUT2D eigenvalue weighted by atomic mass is 10.1. The van der Waals surface area contributed by atoms with Crippen molar-refractivity contribution in [3.8, 4) is 17.2 Å². The van der Waals surface area contributed by atoms with Crippen LogP contribution >= 0.6 is 23.4 Å². The van der Waals surface area contributed by atoms with Crippen LogP contribution in [0.15, 0.2) is 65.6 Å². The maximum Gasteiger partial charge on any atom is 0.293 e. The SMILES string of the molecule is COc1cc(/C=C2\SC(=O)N(CCOc3ccc(C)cc3)C2=O)cc(Cl)c1OCC(=O)Nc1cccc(C)c1. The highest BCUT2D eigenvalue weighted by molar-refractivity contribution is 8.18. The molecule has 3 aromatic rings. The monoisotopic (exact) mass is 566 g/mol. The number of ether oxygens (including phenoxy) is 3. The fourth-order valence-corrected chi connectivity index (χ4v) is 4.89. The summed E-state index contributed by atoms with van der Waals surface area (Å²) in [5.41, 5.74) is 3.32. The van der Waals surface area contributed by atoms with E-state index in [1.165, 1.54) is 7.11 Å². The normalized spacial score (nSPS) is 14.1. The molecule has 1 fully saturated rings. The van der Waals surface area contributed by atoms with Gasteiger partial charge in [-0.15, -0.1) is 0 Å². The topological polar surface area (TPSA) is 94.2 Å².